The molecule has 0 atom stereocenters. The van der Waals surface area contributed by atoms with Gasteiger partial charge in [-0.05, 0) is 34.6 Å². The van der Waals surface area contributed by atoms with Crippen LogP contribution in [0.15, 0.2) is 33.4 Å². The Labute approximate surface area is 106 Å². The maximum atomic E-state index is 4.20. The lowest BCUT2D eigenvalue weighted by Gasteiger charge is -2.06. The van der Waals surface area contributed by atoms with E-state index >= 15 is 0 Å². The van der Waals surface area contributed by atoms with Crippen LogP contribution in [0.4, 0.5) is 5.82 Å². The van der Waals surface area contributed by atoms with Crippen molar-refractivity contribution in [2.75, 3.05) is 11.9 Å². The Balaban J connectivity index is 2.24. The SMILES string of the molecule is CCNc1ncnc(Sc2ncc[nH]2)c1Br. The van der Waals surface area contributed by atoms with E-state index in [0.29, 0.717) is 0 Å². The summed E-state index contributed by atoms with van der Waals surface area (Å²) in [6, 6.07) is 0. The Hall–Kier alpha value is -1.08. The summed E-state index contributed by atoms with van der Waals surface area (Å²) in [4.78, 5) is 15.5. The summed E-state index contributed by atoms with van der Waals surface area (Å²) < 4.78 is 0.859. The normalized spacial score (nSPS) is 10.4. The second-order valence-corrected chi connectivity index (χ2v) is 4.64. The average molecular weight is 300 g/mol. The zero-order valence-electron chi connectivity index (χ0n) is 8.57. The second kappa shape index (κ2) is 5.31. The lowest BCUT2D eigenvalue weighted by Crippen LogP contribution is -2.01. The first-order chi connectivity index (χ1) is 7.81. The fourth-order valence-corrected chi connectivity index (χ4v) is 2.41. The second-order valence-electron chi connectivity index (χ2n) is 2.87. The van der Waals surface area contributed by atoms with Gasteiger partial charge in [0.15, 0.2) is 5.16 Å². The molecule has 0 saturated heterocycles. The number of nitrogens with zero attached hydrogens (tertiary/aromatic N) is 3. The Kier molecular flexibility index (Phi) is 3.79. The van der Waals surface area contributed by atoms with Crippen molar-refractivity contribution in [2.45, 2.75) is 17.1 Å². The van der Waals surface area contributed by atoms with Crippen LogP contribution in [-0.4, -0.2) is 26.5 Å². The molecule has 0 bridgehead atoms. The highest BCUT2D eigenvalue weighted by atomic mass is 79.9. The van der Waals surface area contributed by atoms with Gasteiger partial charge in [-0.3, -0.25) is 0 Å². The minimum atomic E-state index is 0.798. The average Bonchev–Trinajstić information content (AvgIpc) is 2.77. The van der Waals surface area contributed by atoms with Gasteiger partial charge in [0.05, 0.1) is 4.47 Å². The Bertz CT molecular complexity index is 459. The van der Waals surface area contributed by atoms with Crippen LogP contribution < -0.4 is 5.32 Å². The number of aromatic nitrogens is 4. The fraction of sp³-hybridized carbons (Fsp3) is 0.222. The summed E-state index contributed by atoms with van der Waals surface area (Å²) >= 11 is 4.93. The molecule has 84 valence electrons. The number of imidazole rings is 1. The van der Waals surface area contributed by atoms with Crippen LogP contribution in [0.5, 0.6) is 0 Å². The van der Waals surface area contributed by atoms with E-state index in [-0.39, 0.29) is 0 Å². The van der Waals surface area contributed by atoms with Gasteiger partial charge >= 0.3 is 0 Å². The molecular weight excluding hydrogens is 290 g/mol. The molecule has 0 amide bonds. The molecule has 0 aliphatic heterocycles. The van der Waals surface area contributed by atoms with Crippen LogP contribution in [0.25, 0.3) is 0 Å². The van der Waals surface area contributed by atoms with Gasteiger partial charge in [0.1, 0.15) is 17.2 Å². The number of anilines is 1. The highest BCUT2D eigenvalue weighted by molar-refractivity contribution is 9.10. The molecule has 0 fully saturated rings. The van der Waals surface area contributed by atoms with Crippen LogP contribution in [0, 0.1) is 0 Å². The number of hydrogen-bond acceptors (Lipinski definition) is 5. The summed E-state index contributed by atoms with van der Waals surface area (Å²) in [5, 5.41) is 4.80. The van der Waals surface area contributed by atoms with E-state index in [1.165, 1.54) is 18.1 Å². The Morgan fingerprint density at radius 2 is 2.31 bits per heavy atom. The first kappa shape index (κ1) is 11.4. The molecule has 7 heteroatoms. The van der Waals surface area contributed by atoms with Crippen molar-refractivity contribution in [1.29, 1.82) is 0 Å². The van der Waals surface area contributed by atoms with E-state index in [1.54, 1.807) is 12.4 Å². The zero-order chi connectivity index (χ0) is 11.4. The number of rotatable bonds is 4. The molecule has 0 aliphatic carbocycles. The highest BCUT2D eigenvalue weighted by Crippen LogP contribution is 2.32. The van der Waals surface area contributed by atoms with Crippen molar-refractivity contribution < 1.29 is 0 Å². The maximum Gasteiger partial charge on any atom is 0.171 e. The van der Waals surface area contributed by atoms with Gasteiger partial charge in [-0.1, -0.05) is 0 Å². The molecule has 0 aromatic carbocycles. The maximum absolute atomic E-state index is 4.20. The molecular formula is C9H10BrN5S. The van der Waals surface area contributed by atoms with E-state index in [4.69, 9.17) is 0 Å². The zero-order valence-corrected chi connectivity index (χ0v) is 11.0. The molecule has 0 aliphatic rings. The molecule has 0 spiro atoms. The summed E-state index contributed by atoms with van der Waals surface area (Å²) in [5.41, 5.74) is 0. The van der Waals surface area contributed by atoms with Crippen molar-refractivity contribution in [3.8, 4) is 0 Å². The van der Waals surface area contributed by atoms with Crippen LogP contribution >= 0.6 is 27.7 Å². The fourth-order valence-electron chi connectivity index (χ4n) is 1.11. The van der Waals surface area contributed by atoms with Gasteiger partial charge < -0.3 is 10.3 Å². The van der Waals surface area contributed by atoms with E-state index in [9.17, 15) is 0 Å². The molecule has 2 N–H and O–H groups in total. The minimum Gasteiger partial charge on any atom is -0.369 e. The molecule has 0 radical (unpaired) electrons. The van der Waals surface area contributed by atoms with Crippen molar-refractivity contribution in [1.82, 2.24) is 19.9 Å². The van der Waals surface area contributed by atoms with E-state index in [1.807, 2.05) is 6.92 Å². The largest absolute Gasteiger partial charge is 0.369 e. The third kappa shape index (κ3) is 2.53. The highest BCUT2D eigenvalue weighted by Gasteiger charge is 2.10. The van der Waals surface area contributed by atoms with E-state index in [0.717, 1.165) is 27.0 Å². The predicted octanol–water partition coefficient (Wildman–Crippen LogP) is 2.55. The summed E-state index contributed by atoms with van der Waals surface area (Å²) in [6.07, 6.45) is 5.03. The van der Waals surface area contributed by atoms with E-state index < -0.39 is 0 Å². The quantitative estimate of drug-likeness (QED) is 0.849. The first-order valence-corrected chi connectivity index (χ1v) is 6.33. The predicted molar refractivity (Wildman–Crippen MR) is 66.6 cm³/mol. The summed E-state index contributed by atoms with van der Waals surface area (Å²) in [5.74, 6) is 0.798. The van der Waals surface area contributed by atoms with Crippen molar-refractivity contribution >= 4 is 33.5 Å². The molecule has 5 nitrogen and oxygen atoms in total. The van der Waals surface area contributed by atoms with Crippen LogP contribution in [0.3, 0.4) is 0 Å². The molecule has 2 rings (SSSR count). The Morgan fingerprint density at radius 3 is 3.00 bits per heavy atom. The van der Waals surface area contributed by atoms with Gasteiger partial charge in [-0.15, -0.1) is 0 Å². The molecule has 0 unspecified atom stereocenters. The van der Waals surface area contributed by atoms with Crippen LogP contribution in [0.1, 0.15) is 6.92 Å². The lowest BCUT2D eigenvalue weighted by atomic mass is 10.5. The number of aromatic amines is 1. The minimum absolute atomic E-state index is 0.798. The monoisotopic (exact) mass is 299 g/mol. The molecule has 2 heterocycles. The van der Waals surface area contributed by atoms with Crippen LogP contribution in [0.2, 0.25) is 0 Å². The lowest BCUT2D eigenvalue weighted by molar-refractivity contribution is 0.992. The molecule has 2 aromatic rings. The first-order valence-electron chi connectivity index (χ1n) is 4.73. The van der Waals surface area contributed by atoms with Gasteiger partial charge in [-0.2, -0.15) is 0 Å². The van der Waals surface area contributed by atoms with E-state index in [2.05, 4.69) is 41.2 Å². The third-order valence-electron chi connectivity index (χ3n) is 1.77. The molecule has 16 heavy (non-hydrogen) atoms. The topological polar surface area (TPSA) is 66.5 Å². The van der Waals surface area contributed by atoms with Crippen LogP contribution in [-0.2, 0) is 0 Å². The smallest absolute Gasteiger partial charge is 0.171 e. The van der Waals surface area contributed by atoms with Gasteiger partial charge in [-0.25, -0.2) is 15.0 Å². The van der Waals surface area contributed by atoms with Gasteiger partial charge in [0, 0.05) is 18.9 Å². The molecule has 0 saturated carbocycles. The van der Waals surface area contributed by atoms with Crippen molar-refractivity contribution in [3.05, 3.63) is 23.2 Å². The van der Waals surface area contributed by atoms with Gasteiger partial charge in [0.2, 0.25) is 0 Å². The number of H-pyrrole nitrogens is 1. The number of nitrogens with one attached hydrogen (secondary N) is 2. The summed E-state index contributed by atoms with van der Waals surface area (Å²) in [6.45, 7) is 2.84. The standard InChI is InChI=1S/C9H10BrN5S/c1-2-11-7-6(10)8(15-5-14-7)16-9-12-3-4-13-9/h3-5H,2H2,1H3,(H,12,13)(H,11,14,15). The van der Waals surface area contributed by atoms with Crippen molar-refractivity contribution in [2.24, 2.45) is 0 Å². The third-order valence-corrected chi connectivity index (χ3v) is 3.70. The Morgan fingerprint density at radius 1 is 1.44 bits per heavy atom. The van der Waals surface area contributed by atoms with Gasteiger partial charge in [0.25, 0.3) is 0 Å². The van der Waals surface area contributed by atoms with Crippen molar-refractivity contribution in [3.63, 3.8) is 0 Å². The molecule has 2 aromatic heterocycles. The number of halogens is 1. The number of hydrogen-bond donors (Lipinski definition) is 2. The summed E-state index contributed by atoms with van der Waals surface area (Å²) in [7, 11) is 0.